The van der Waals surface area contributed by atoms with Gasteiger partial charge in [0, 0.05) is 43.8 Å². The lowest BCUT2D eigenvalue weighted by molar-refractivity contribution is 0.0204. The molecule has 31 heavy (non-hydrogen) atoms. The Morgan fingerprint density at radius 1 is 1.16 bits per heavy atom. The highest BCUT2D eigenvalue weighted by atomic mass is 16.6. The molecule has 9 heteroatoms. The van der Waals surface area contributed by atoms with Gasteiger partial charge in [0.05, 0.1) is 6.61 Å². The summed E-state index contributed by atoms with van der Waals surface area (Å²) in [7, 11) is 0. The van der Waals surface area contributed by atoms with Crippen LogP contribution in [0.25, 0.3) is 0 Å². The zero-order chi connectivity index (χ0) is 21.8. The van der Waals surface area contributed by atoms with Crippen molar-refractivity contribution in [2.24, 2.45) is 0 Å². The number of anilines is 3. The number of nitrogens with zero attached hydrogens (tertiary/aromatic N) is 5. The topological polar surface area (TPSA) is 92.7 Å². The zero-order valence-corrected chi connectivity index (χ0v) is 18.4. The number of nitrogens with one attached hydrogen (secondary N) is 1. The van der Waals surface area contributed by atoms with Gasteiger partial charge in [-0.1, -0.05) is 0 Å². The van der Waals surface area contributed by atoms with Crippen LogP contribution in [0.3, 0.4) is 0 Å². The second kappa shape index (κ2) is 8.95. The number of fused-ring (bicyclic) bond motifs is 1. The molecule has 1 saturated heterocycles. The Hall–Kier alpha value is -3.10. The molecule has 4 heterocycles. The monoisotopic (exact) mass is 426 g/mol. The van der Waals surface area contributed by atoms with E-state index in [-0.39, 0.29) is 12.1 Å². The number of hydrogen-bond donors (Lipinski definition) is 1. The van der Waals surface area contributed by atoms with Gasteiger partial charge in [-0.2, -0.15) is 0 Å². The third-order valence-corrected chi connectivity index (χ3v) is 5.35. The van der Waals surface area contributed by atoms with Crippen molar-refractivity contribution < 1.29 is 14.3 Å². The van der Waals surface area contributed by atoms with Gasteiger partial charge in [0.15, 0.2) is 11.6 Å². The Morgan fingerprint density at radius 2 is 1.90 bits per heavy atom. The van der Waals surface area contributed by atoms with Crippen LogP contribution < -0.4 is 15.0 Å². The molecule has 0 aliphatic carbocycles. The highest BCUT2D eigenvalue weighted by Gasteiger charge is 2.32. The van der Waals surface area contributed by atoms with E-state index in [2.05, 4.69) is 25.2 Å². The lowest BCUT2D eigenvalue weighted by atomic mass is 10.0. The van der Waals surface area contributed by atoms with Gasteiger partial charge in [0.1, 0.15) is 11.9 Å². The average Bonchev–Trinajstić information content (AvgIpc) is 2.97. The van der Waals surface area contributed by atoms with E-state index < -0.39 is 5.60 Å². The van der Waals surface area contributed by atoms with Crippen molar-refractivity contribution in [3.05, 3.63) is 30.9 Å². The van der Waals surface area contributed by atoms with Crippen molar-refractivity contribution in [3.8, 4) is 5.75 Å². The molecule has 1 amide bonds. The number of ether oxygens (including phenoxy) is 2. The van der Waals surface area contributed by atoms with E-state index in [1.165, 1.54) is 0 Å². The van der Waals surface area contributed by atoms with E-state index >= 15 is 0 Å². The normalized spacial score (nSPS) is 17.4. The second-order valence-electron chi connectivity index (χ2n) is 8.83. The first-order valence-corrected chi connectivity index (χ1v) is 10.8. The van der Waals surface area contributed by atoms with E-state index in [1.807, 2.05) is 32.9 Å². The number of aromatic nitrogens is 3. The van der Waals surface area contributed by atoms with E-state index in [0.29, 0.717) is 31.3 Å². The minimum absolute atomic E-state index is 0.239. The molecule has 166 valence electrons. The molecule has 1 fully saturated rings. The van der Waals surface area contributed by atoms with Crippen LogP contribution in [0.1, 0.15) is 40.0 Å². The van der Waals surface area contributed by atoms with Gasteiger partial charge in [-0.05, 0) is 52.2 Å². The fourth-order valence-electron chi connectivity index (χ4n) is 3.92. The molecule has 2 aromatic heterocycles. The third-order valence-electron chi connectivity index (χ3n) is 5.35. The van der Waals surface area contributed by atoms with Crippen molar-refractivity contribution in [1.82, 2.24) is 19.9 Å². The van der Waals surface area contributed by atoms with E-state index in [9.17, 15) is 4.79 Å². The summed E-state index contributed by atoms with van der Waals surface area (Å²) < 4.78 is 11.6. The van der Waals surface area contributed by atoms with Crippen molar-refractivity contribution in [1.29, 1.82) is 0 Å². The number of piperidine rings is 1. The number of carbonyl (C=O) groups excluding carboxylic acids is 1. The molecular formula is C22H30N6O3. The van der Waals surface area contributed by atoms with E-state index in [4.69, 9.17) is 9.47 Å². The molecule has 0 spiro atoms. The van der Waals surface area contributed by atoms with Gasteiger partial charge in [-0.25, -0.2) is 14.8 Å². The smallest absolute Gasteiger partial charge is 0.410 e. The highest BCUT2D eigenvalue weighted by Crippen LogP contribution is 2.38. The fraction of sp³-hybridized carbons (Fsp3) is 0.545. The van der Waals surface area contributed by atoms with Crippen molar-refractivity contribution in [2.45, 2.75) is 51.7 Å². The maximum absolute atomic E-state index is 12.4. The molecule has 2 aliphatic rings. The predicted molar refractivity (Wildman–Crippen MR) is 118 cm³/mol. The molecule has 1 N–H and O–H groups in total. The Bertz CT molecular complexity index is 894. The van der Waals surface area contributed by atoms with Crippen molar-refractivity contribution >= 4 is 23.4 Å². The van der Waals surface area contributed by atoms with Crippen LogP contribution in [-0.4, -0.2) is 63.8 Å². The molecule has 2 aromatic rings. The number of carbonyl (C=O) groups is 1. The van der Waals surface area contributed by atoms with Gasteiger partial charge >= 0.3 is 6.09 Å². The molecule has 0 saturated carbocycles. The third kappa shape index (κ3) is 5.15. The predicted octanol–water partition coefficient (Wildman–Crippen LogP) is 3.60. The number of pyridine rings is 1. The molecular weight excluding hydrogens is 396 g/mol. The summed E-state index contributed by atoms with van der Waals surface area (Å²) in [4.78, 5) is 29.6. The minimum Gasteiger partial charge on any atom is -0.486 e. The fourth-order valence-corrected chi connectivity index (χ4v) is 3.92. The molecule has 4 rings (SSSR count). The molecule has 2 aliphatic heterocycles. The van der Waals surface area contributed by atoms with Crippen LogP contribution in [0.2, 0.25) is 0 Å². The lowest BCUT2D eigenvalue weighted by Gasteiger charge is -2.39. The standard InChI is InChI=1S/C22H30N6O3/c1-22(2,3)31-21(29)27-12-7-17(8-13-27)28-11-4-14-30-18-19(24-15-25-20(18)28)26-16-5-9-23-10-6-16/h5-6,9-10,15,17H,4,7-8,11-14H2,1-3H3,(H,23,24,25,26). The number of amides is 1. The summed E-state index contributed by atoms with van der Waals surface area (Å²) >= 11 is 0. The van der Waals surface area contributed by atoms with Crippen LogP contribution in [0.5, 0.6) is 5.75 Å². The Morgan fingerprint density at radius 3 is 2.61 bits per heavy atom. The maximum atomic E-state index is 12.4. The number of rotatable bonds is 3. The quantitative estimate of drug-likeness (QED) is 0.796. The summed E-state index contributed by atoms with van der Waals surface area (Å²) in [6.45, 7) is 8.47. The van der Waals surface area contributed by atoms with Crippen LogP contribution in [0.15, 0.2) is 30.9 Å². The van der Waals surface area contributed by atoms with Crippen LogP contribution >= 0.6 is 0 Å². The summed E-state index contributed by atoms with van der Waals surface area (Å²) in [5.41, 5.74) is 0.408. The second-order valence-corrected chi connectivity index (χ2v) is 8.83. The van der Waals surface area contributed by atoms with E-state index in [0.717, 1.165) is 37.3 Å². The van der Waals surface area contributed by atoms with Gasteiger partial charge in [-0.15, -0.1) is 0 Å². The Labute approximate surface area is 182 Å². The minimum atomic E-state index is -0.482. The first kappa shape index (κ1) is 21.1. The van der Waals surface area contributed by atoms with E-state index in [1.54, 1.807) is 23.6 Å². The van der Waals surface area contributed by atoms with Gasteiger partial charge < -0.3 is 24.6 Å². The summed E-state index contributed by atoms with van der Waals surface area (Å²) in [6, 6.07) is 4.05. The molecule has 0 aromatic carbocycles. The van der Waals surface area contributed by atoms with Crippen molar-refractivity contribution in [2.75, 3.05) is 36.5 Å². The lowest BCUT2D eigenvalue weighted by Crippen LogP contribution is -2.48. The van der Waals surface area contributed by atoms with Crippen LogP contribution in [-0.2, 0) is 4.74 Å². The summed E-state index contributed by atoms with van der Waals surface area (Å²) in [5.74, 6) is 2.13. The Balaban J connectivity index is 1.49. The van der Waals surface area contributed by atoms with Crippen LogP contribution in [0.4, 0.5) is 22.1 Å². The number of hydrogen-bond acceptors (Lipinski definition) is 8. The zero-order valence-electron chi connectivity index (χ0n) is 18.4. The first-order chi connectivity index (χ1) is 14.9. The number of likely N-dealkylation sites (tertiary alicyclic amines) is 1. The molecule has 0 radical (unpaired) electrons. The van der Waals surface area contributed by atoms with Crippen LogP contribution in [0, 0.1) is 0 Å². The summed E-state index contributed by atoms with van der Waals surface area (Å²) in [6.07, 6.45) is 7.40. The molecule has 9 nitrogen and oxygen atoms in total. The first-order valence-electron chi connectivity index (χ1n) is 10.8. The average molecular weight is 427 g/mol. The maximum Gasteiger partial charge on any atom is 0.410 e. The Kier molecular flexibility index (Phi) is 6.11. The van der Waals surface area contributed by atoms with Gasteiger partial charge in [-0.3, -0.25) is 4.98 Å². The van der Waals surface area contributed by atoms with Crippen molar-refractivity contribution in [3.63, 3.8) is 0 Å². The summed E-state index contributed by atoms with van der Waals surface area (Å²) in [5, 5.41) is 3.31. The molecule has 0 unspecified atom stereocenters. The largest absolute Gasteiger partial charge is 0.486 e. The van der Waals surface area contributed by atoms with Gasteiger partial charge in [0.2, 0.25) is 5.75 Å². The molecule has 0 atom stereocenters. The molecule has 0 bridgehead atoms. The highest BCUT2D eigenvalue weighted by molar-refractivity contribution is 5.71. The van der Waals surface area contributed by atoms with Gasteiger partial charge in [0.25, 0.3) is 0 Å². The SMILES string of the molecule is CC(C)(C)OC(=O)N1CCC(N2CCCOc3c(Nc4ccncc4)ncnc32)CC1.